The number of sulfone groups is 1. The highest BCUT2D eigenvalue weighted by atomic mass is 32.2. The normalized spacial score (nSPS) is 10.9. The number of hydrogen-bond acceptors (Lipinski definition) is 3. The molecule has 0 radical (unpaired) electrons. The van der Waals surface area contributed by atoms with Crippen molar-refractivity contribution in [1.29, 1.82) is 0 Å². The van der Waals surface area contributed by atoms with Gasteiger partial charge < -0.3 is 4.74 Å². The van der Waals surface area contributed by atoms with Gasteiger partial charge in [-0.25, -0.2) is 8.42 Å². The van der Waals surface area contributed by atoms with E-state index in [4.69, 9.17) is 11.2 Å². The van der Waals surface area contributed by atoms with Crippen molar-refractivity contribution in [3.8, 4) is 18.1 Å². The number of aryl methyl sites for hydroxylation is 2. The van der Waals surface area contributed by atoms with Gasteiger partial charge in [-0.3, -0.25) is 0 Å². The van der Waals surface area contributed by atoms with E-state index in [1.807, 2.05) is 32.0 Å². The molecule has 0 aliphatic heterocycles. The van der Waals surface area contributed by atoms with Gasteiger partial charge in [-0.2, -0.15) is 0 Å². The minimum atomic E-state index is -3.12. The fourth-order valence-corrected chi connectivity index (χ4v) is 2.43. The molecule has 0 fully saturated rings. The first-order valence-corrected chi connectivity index (χ1v) is 7.61. The molecular formula is C14H18O3S. The van der Waals surface area contributed by atoms with Crippen LogP contribution in [0, 0.1) is 26.2 Å². The first kappa shape index (κ1) is 14.6. The first-order valence-electron chi connectivity index (χ1n) is 5.78. The van der Waals surface area contributed by atoms with Crippen molar-refractivity contribution in [3.63, 3.8) is 0 Å². The zero-order chi connectivity index (χ0) is 13.6. The SMILES string of the molecule is C#CCS(=O)(=O)CCCOc1ccc(C)c(C)c1. The summed E-state index contributed by atoms with van der Waals surface area (Å²) in [6.45, 7) is 4.43. The molecule has 0 atom stereocenters. The average molecular weight is 266 g/mol. The summed E-state index contributed by atoms with van der Waals surface area (Å²) in [5, 5.41) is 0. The molecule has 4 heteroatoms. The molecule has 0 spiro atoms. The molecule has 1 aromatic rings. The lowest BCUT2D eigenvalue weighted by atomic mass is 10.1. The molecule has 0 aliphatic carbocycles. The molecule has 0 heterocycles. The monoisotopic (exact) mass is 266 g/mol. The highest BCUT2D eigenvalue weighted by Gasteiger charge is 2.08. The summed E-state index contributed by atoms with van der Waals surface area (Å²) in [5.74, 6) is 2.80. The van der Waals surface area contributed by atoms with Crippen LogP contribution in [0.4, 0.5) is 0 Å². The third-order valence-corrected chi connectivity index (χ3v) is 4.17. The van der Waals surface area contributed by atoms with E-state index in [0.717, 1.165) is 11.3 Å². The third-order valence-electron chi connectivity index (χ3n) is 2.65. The molecule has 0 bridgehead atoms. The highest BCUT2D eigenvalue weighted by molar-refractivity contribution is 7.91. The van der Waals surface area contributed by atoms with Gasteiger partial charge in [-0.05, 0) is 43.5 Å². The van der Waals surface area contributed by atoms with Crippen LogP contribution < -0.4 is 4.74 Å². The minimum Gasteiger partial charge on any atom is -0.494 e. The van der Waals surface area contributed by atoms with Crippen molar-refractivity contribution < 1.29 is 13.2 Å². The molecule has 0 saturated heterocycles. The van der Waals surface area contributed by atoms with Gasteiger partial charge in [0.1, 0.15) is 11.5 Å². The molecule has 0 amide bonds. The third kappa shape index (κ3) is 4.80. The van der Waals surface area contributed by atoms with E-state index in [9.17, 15) is 8.42 Å². The van der Waals surface area contributed by atoms with Crippen molar-refractivity contribution in [2.45, 2.75) is 20.3 Å². The molecular weight excluding hydrogens is 248 g/mol. The number of terminal acetylenes is 1. The highest BCUT2D eigenvalue weighted by Crippen LogP contribution is 2.16. The average Bonchev–Trinajstić information content (AvgIpc) is 2.29. The van der Waals surface area contributed by atoms with Gasteiger partial charge in [0.15, 0.2) is 9.84 Å². The van der Waals surface area contributed by atoms with Crippen LogP contribution >= 0.6 is 0 Å². The summed E-state index contributed by atoms with van der Waals surface area (Å²) in [6.07, 6.45) is 5.44. The largest absolute Gasteiger partial charge is 0.494 e. The number of hydrogen-bond donors (Lipinski definition) is 0. The minimum absolute atomic E-state index is 0.0715. The van der Waals surface area contributed by atoms with Crippen LogP contribution in [0.25, 0.3) is 0 Å². The zero-order valence-corrected chi connectivity index (χ0v) is 11.6. The lowest BCUT2D eigenvalue weighted by Gasteiger charge is -2.08. The van der Waals surface area contributed by atoms with Gasteiger partial charge in [-0.1, -0.05) is 12.0 Å². The van der Waals surface area contributed by atoms with E-state index in [0.29, 0.717) is 13.0 Å². The van der Waals surface area contributed by atoms with E-state index in [1.165, 1.54) is 5.56 Å². The fraction of sp³-hybridized carbons (Fsp3) is 0.429. The Labute approximate surface area is 109 Å². The molecule has 0 saturated carbocycles. The Morgan fingerprint density at radius 2 is 2.00 bits per heavy atom. The number of benzene rings is 1. The van der Waals surface area contributed by atoms with Crippen LogP contribution in [0.2, 0.25) is 0 Å². The molecule has 18 heavy (non-hydrogen) atoms. The van der Waals surface area contributed by atoms with Crippen molar-refractivity contribution in [3.05, 3.63) is 29.3 Å². The van der Waals surface area contributed by atoms with Crippen LogP contribution in [-0.2, 0) is 9.84 Å². The summed E-state index contributed by atoms with van der Waals surface area (Å²) in [6, 6.07) is 5.82. The Hall–Kier alpha value is -1.47. The van der Waals surface area contributed by atoms with Crippen molar-refractivity contribution in [1.82, 2.24) is 0 Å². The molecule has 3 nitrogen and oxygen atoms in total. The molecule has 98 valence electrons. The van der Waals surface area contributed by atoms with Crippen LogP contribution in [0.15, 0.2) is 18.2 Å². The summed E-state index contributed by atoms with van der Waals surface area (Å²) in [7, 11) is -3.12. The molecule has 1 aromatic carbocycles. The maximum Gasteiger partial charge on any atom is 0.161 e. The molecule has 0 aliphatic rings. The quantitative estimate of drug-likeness (QED) is 0.585. The second-order valence-corrected chi connectivity index (χ2v) is 6.43. The molecule has 1 rings (SSSR count). The van der Waals surface area contributed by atoms with Crippen LogP contribution in [-0.4, -0.2) is 26.5 Å². The molecule has 0 unspecified atom stereocenters. The van der Waals surface area contributed by atoms with Gasteiger partial charge in [0.25, 0.3) is 0 Å². The first-order chi connectivity index (χ1) is 8.44. The second kappa shape index (κ2) is 6.46. The van der Waals surface area contributed by atoms with Gasteiger partial charge in [0.05, 0.1) is 12.4 Å². The summed E-state index contributed by atoms with van der Waals surface area (Å²) < 4.78 is 28.2. The predicted molar refractivity (Wildman–Crippen MR) is 73.5 cm³/mol. The lowest BCUT2D eigenvalue weighted by molar-refractivity contribution is 0.317. The smallest absolute Gasteiger partial charge is 0.161 e. The molecule has 0 aromatic heterocycles. The van der Waals surface area contributed by atoms with Crippen LogP contribution in [0.3, 0.4) is 0 Å². The standard InChI is InChI=1S/C14H18O3S/c1-4-9-18(15,16)10-5-8-17-14-7-6-12(2)13(3)11-14/h1,6-7,11H,5,8-10H2,2-3H3. The van der Waals surface area contributed by atoms with Crippen molar-refractivity contribution >= 4 is 9.84 Å². The second-order valence-electron chi connectivity index (χ2n) is 4.24. The fourth-order valence-electron chi connectivity index (χ4n) is 1.47. The zero-order valence-electron chi connectivity index (χ0n) is 10.8. The van der Waals surface area contributed by atoms with E-state index >= 15 is 0 Å². The predicted octanol–water partition coefficient (Wildman–Crippen LogP) is 2.12. The van der Waals surface area contributed by atoms with E-state index in [-0.39, 0.29) is 11.5 Å². The van der Waals surface area contributed by atoms with E-state index < -0.39 is 9.84 Å². The Kier molecular flexibility index (Phi) is 5.24. The number of ether oxygens (including phenoxy) is 1. The summed E-state index contributed by atoms with van der Waals surface area (Å²) in [5.41, 5.74) is 2.37. The number of rotatable bonds is 6. The van der Waals surface area contributed by atoms with Gasteiger partial charge >= 0.3 is 0 Å². The lowest BCUT2D eigenvalue weighted by Crippen LogP contribution is -2.12. The Bertz CT molecular complexity index is 539. The van der Waals surface area contributed by atoms with E-state index in [2.05, 4.69) is 5.92 Å². The van der Waals surface area contributed by atoms with Crippen molar-refractivity contribution in [2.75, 3.05) is 18.1 Å². The van der Waals surface area contributed by atoms with Crippen molar-refractivity contribution in [2.24, 2.45) is 0 Å². The Morgan fingerprint density at radius 3 is 2.61 bits per heavy atom. The summed E-state index contributed by atoms with van der Waals surface area (Å²) >= 11 is 0. The topological polar surface area (TPSA) is 43.4 Å². The Morgan fingerprint density at radius 1 is 1.28 bits per heavy atom. The molecule has 0 N–H and O–H groups in total. The summed E-state index contributed by atoms with van der Waals surface area (Å²) in [4.78, 5) is 0. The maximum atomic E-state index is 11.3. The van der Waals surface area contributed by atoms with Crippen LogP contribution in [0.5, 0.6) is 5.75 Å². The van der Waals surface area contributed by atoms with E-state index in [1.54, 1.807) is 0 Å². The Balaban J connectivity index is 2.39. The van der Waals surface area contributed by atoms with Crippen LogP contribution in [0.1, 0.15) is 17.5 Å². The van der Waals surface area contributed by atoms with Gasteiger partial charge in [0.2, 0.25) is 0 Å². The van der Waals surface area contributed by atoms with Gasteiger partial charge in [-0.15, -0.1) is 6.42 Å². The van der Waals surface area contributed by atoms with Gasteiger partial charge in [0, 0.05) is 0 Å². The maximum absolute atomic E-state index is 11.3.